The molecule has 0 aliphatic rings. The van der Waals surface area contributed by atoms with Crippen molar-refractivity contribution in [3.8, 4) is 0 Å². The van der Waals surface area contributed by atoms with E-state index in [2.05, 4.69) is 29.5 Å². The normalized spacial score (nSPS) is 12.1. The monoisotopic (exact) mass is 226 g/mol. The molecule has 1 nitrogen and oxygen atoms in total. The minimum Gasteiger partial charge on any atom is -0.396 e. The van der Waals surface area contributed by atoms with Gasteiger partial charge in [0.2, 0.25) is 0 Å². The molecule has 0 aromatic rings. The van der Waals surface area contributed by atoms with E-state index in [-0.39, 0.29) is 0 Å². The van der Waals surface area contributed by atoms with Gasteiger partial charge < -0.3 is 5.11 Å². The van der Waals surface area contributed by atoms with Crippen LogP contribution in [0, 0.1) is 0 Å². The van der Waals surface area contributed by atoms with E-state index in [1.165, 1.54) is 5.57 Å². The van der Waals surface area contributed by atoms with E-state index in [1.807, 2.05) is 4.08 Å². The number of halogens is 1. The summed E-state index contributed by atoms with van der Waals surface area (Å²) in [6, 6.07) is 0. The molecule has 0 atom stereocenters. The maximum atomic E-state index is 8.38. The minimum absolute atomic E-state index is 0.307. The summed E-state index contributed by atoms with van der Waals surface area (Å²) in [6.07, 6.45) is 1.92. The summed E-state index contributed by atoms with van der Waals surface area (Å²) in [5, 5.41) is 8.38. The van der Waals surface area contributed by atoms with E-state index in [1.54, 1.807) is 0 Å². The molecule has 0 aromatic heterocycles. The Kier molecular flexibility index (Phi) is 5.86. The highest BCUT2D eigenvalue weighted by Gasteiger charge is 1.85. The van der Waals surface area contributed by atoms with Crippen molar-refractivity contribution in [2.45, 2.75) is 19.8 Å². The average molecular weight is 226 g/mol. The molecular formula is C6H11IO. The van der Waals surface area contributed by atoms with Crippen LogP contribution in [-0.4, -0.2) is 11.7 Å². The third-order valence-electron chi connectivity index (χ3n) is 0.915. The standard InChI is InChI=1S/C6H11IO/c1-6(5-7)3-2-4-8/h5,8H,2-4H2,1H3/b6-5+. The average Bonchev–Trinajstić information content (AvgIpc) is 1.83. The van der Waals surface area contributed by atoms with Gasteiger partial charge in [0.05, 0.1) is 0 Å². The molecule has 0 bridgehead atoms. The van der Waals surface area contributed by atoms with Crippen molar-refractivity contribution in [2.24, 2.45) is 0 Å². The van der Waals surface area contributed by atoms with Gasteiger partial charge in [0.25, 0.3) is 0 Å². The molecule has 0 saturated carbocycles. The maximum Gasteiger partial charge on any atom is 0.0434 e. The Morgan fingerprint density at radius 2 is 2.38 bits per heavy atom. The van der Waals surface area contributed by atoms with Crippen molar-refractivity contribution < 1.29 is 5.11 Å². The summed E-state index contributed by atoms with van der Waals surface area (Å²) >= 11 is 2.21. The molecule has 8 heavy (non-hydrogen) atoms. The number of aliphatic hydroxyl groups is 1. The second-order valence-electron chi connectivity index (χ2n) is 1.78. The van der Waals surface area contributed by atoms with E-state index in [4.69, 9.17) is 5.11 Å². The molecule has 0 spiro atoms. The SMILES string of the molecule is C/C(=C\I)CCCO. The fourth-order valence-electron chi connectivity index (χ4n) is 0.412. The summed E-state index contributed by atoms with van der Waals surface area (Å²) in [4.78, 5) is 0. The van der Waals surface area contributed by atoms with Gasteiger partial charge in [-0.05, 0) is 23.8 Å². The lowest BCUT2D eigenvalue weighted by atomic mass is 10.2. The molecule has 0 saturated heterocycles. The van der Waals surface area contributed by atoms with Crippen LogP contribution in [0.25, 0.3) is 0 Å². The van der Waals surface area contributed by atoms with Crippen molar-refractivity contribution in [3.05, 3.63) is 9.66 Å². The van der Waals surface area contributed by atoms with Gasteiger partial charge in [-0.15, -0.1) is 0 Å². The maximum absolute atomic E-state index is 8.38. The summed E-state index contributed by atoms with van der Waals surface area (Å²) in [7, 11) is 0. The molecule has 0 aromatic carbocycles. The number of aliphatic hydroxyl groups excluding tert-OH is 1. The highest BCUT2D eigenvalue weighted by Crippen LogP contribution is 2.04. The topological polar surface area (TPSA) is 20.2 Å². The molecular weight excluding hydrogens is 215 g/mol. The number of hydrogen-bond donors (Lipinski definition) is 1. The Bertz CT molecular complexity index is 78.6. The molecule has 0 aliphatic carbocycles. The molecule has 0 radical (unpaired) electrons. The number of rotatable bonds is 3. The van der Waals surface area contributed by atoms with Gasteiger partial charge in [-0.2, -0.15) is 0 Å². The summed E-state index contributed by atoms with van der Waals surface area (Å²) < 4.78 is 2.05. The van der Waals surface area contributed by atoms with E-state index in [9.17, 15) is 0 Å². The van der Waals surface area contributed by atoms with Crippen molar-refractivity contribution in [1.82, 2.24) is 0 Å². The molecule has 0 rings (SSSR count). The summed E-state index contributed by atoms with van der Waals surface area (Å²) in [5.41, 5.74) is 1.35. The van der Waals surface area contributed by atoms with Crippen molar-refractivity contribution in [2.75, 3.05) is 6.61 Å². The molecule has 0 aliphatic heterocycles. The summed E-state index contributed by atoms with van der Waals surface area (Å²) in [5.74, 6) is 0. The molecule has 0 fully saturated rings. The fraction of sp³-hybridized carbons (Fsp3) is 0.667. The van der Waals surface area contributed by atoms with Gasteiger partial charge in [-0.1, -0.05) is 28.2 Å². The zero-order valence-electron chi connectivity index (χ0n) is 5.02. The van der Waals surface area contributed by atoms with Gasteiger partial charge in [0.15, 0.2) is 0 Å². The van der Waals surface area contributed by atoms with Crippen LogP contribution in [0.4, 0.5) is 0 Å². The first-order valence-corrected chi connectivity index (χ1v) is 3.92. The first kappa shape index (κ1) is 8.43. The fourth-order valence-corrected chi connectivity index (χ4v) is 0.724. The Morgan fingerprint density at radius 1 is 1.75 bits per heavy atom. The minimum atomic E-state index is 0.307. The lowest BCUT2D eigenvalue weighted by Gasteiger charge is -1.93. The Labute approximate surface area is 63.9 Å². The molecule has 2 heteroatoms. The third kappa shape index (κ3) is 4.59. The second-order valence-corrected chi connectivity index (χ2v) is 2.41. The lowest BCUT2D eigenvalue weighted by Crippen LogP contribution is -1.82. The van der Waals surface area contributed by atoms with Gasteiger partial charge in [0.1, 0.15) is 0 Å². The van der Waals surface area contributed by atoms with Crippen LogP contribution in [0.1, 0.15) is 19.8 Å². The van der Waals surface area contributed by atoms with E-state index in [0.29, 0.717) is 6.61 Å². The predicted octanol–water partition coefficient (Wildman–Crippen LogP) is 2.10. The highest BCUT2D eigenvalue weighted by atomic mass is 127. The van der Waals surface area contributed by atoms with Crippen molar-refractivity contribution in [3.63, 3.8) is 0 Å². The zero-order valence-corrected chi connectivity index (χ0v) is 7.18. The number of hydrogen-bond acceptors (Lipinski definition) is 1. The number of allylic oxidation sites excluding steroid dienone is 1. The van der Waals surface area contributed by atoms with E-state index < -0.39 is 0 Å². The van der Waals surface area contributed by atoms with Crippen LogP contribution in [0.5, 0.6) is 0 Å². The Hall–Kier alpha value is 0.430. The zero-order chi connectivity index (χ0) is 6.41. The largest absolute Gasteiger partial charge is 0.396 e. The van der Waals surface area contributed by atoms with E-state index in [0.717, 1.165) is 12.8 Å². The van der Waals surface area contributed by atoms with Crippen LogP contribution in [0.3, 0.4) is 0 Å². The molecule has 48 valence electrons. The van der Waals surface area contributed by atoms with Crippen LogP contribution >= 0.6 is 22.6 Å². The van der Waals surface area contributed by atoms with Gasteiger partial charge in [0, 0.05) is 6.61 Å². The van der Waals surface area contributed by atoms with Crippen LogP contribution in [0.15, 0.2) is 9.66 Å². The quantitative estimate of drug-likeness (QED) is 0.730. The molecule has 0 heterocycles. The van der Waals surface area contributed by atoms with Crippen LogP contribution in [0.2, 0.25) is 0 Å². The smallest absolute Gasteiger partial charge is 0.0434 e. The lowest BCUT2D eigenvalue weighted by molar-refractivity contribution is 0.288. The Morgan fingerprint density at radius 3 is 2.75 bits per heavy atom. The highest BCUT2D eigenvalue weighted by molar-refractivity contribution is 14.1. The first-order chi connectivity index (χ1) is 3.81. The van der Waals surface area contributed by atoms with E-state index >= 15 is 0 Å². The van der Waals surface area contributed by atoms with Crippen molar-refractivity contribution in [1.29, 1.82) is 0 Å². The van der Waals surface area contributed by atoms with Gasteiger partial charge >= 0.3 is 0 Å². The van der Waals surface area contributed by atoms with Crippen molar-refractivity contribution >= 4 is 22.6 Å². The first-order valence-electron chi connectivity index (χ1n) is 2.68. The Balaban J connectivity index is 3.12. The third-order valence-corrected chi connectivity index (χ3v) is 1.98. The van der Waals surface area contributed by atoms with Crippen LogP contribution in [-0.2, 0) is 0 Å². The molecule has 1 N–H and O–H groups in total. The molecule has 0 unspecified atom stereocenters. The van der Waals surface area contributed by atoms with Gasteiger partial charge in [-0.25, -0.2) is 0 Å². The van der Waals surface area contributed by atoms with Crippen LogP contribution < -0.4 is 0 Å². The predicted molar refractivity (Wildman–Crippen MR) is 44.1 cm³/mol. The molecule has 0 amide bonds. The second kappa shape index (κ2) is 5.56. The summed E-state index contributed by atoms with van der Waals surface area (Å²) in [6.45, 7) is 2.38. The van der Waals surface area contributed by atoms with Gasteiger partial charge in [-0.3, -0.25) is 0 Å².